The molecule has 1 aromatic carbocycles. The maximum atomic E-state index is 9.43. The molecule has 0 fully saturated rings. The number of aliphatic hydroxyl groups excluding tert-OH is 1. The molecule has 0 radical (unpaired) electrons. The van der Waals surface area contributed by atoms with Gasteiger partial charge >= 0.3 is 0 Å². The van der Waals surface area contributed by atoms with Crippen molar-refractivity contribution in [3.8, 4) is 0 Å². The van der Waals surface area contributed by atoms with Crippen LogP contribution in [0.4, 0.5) is 5.69 Å². The van der Waals surface area contributed by atoms with Gasteiger partial charge in [0.1, 0.15) is 0 Å². The van der Waals surface area contributed by atoms with Crippen LogP contribution >= 0.6 is 0 Å². The highest BCUT2D eigenvalue weighted by Gasteiger charge is 2.23. The third-order valence-corrected chi connectivity index (χ3v) is 3.27. The molecule has 1 unspecified atom stereocenters. The Bertz CT molecular complexity index is 331. The smallest absolute Gasteiger partial charge is 0.0627 e. The summed E-state index contributed by atoms with van der Waals surface area (Å²) in [6, 6.07) is 8.50. The van der Waals surface area contributed by atoms with E-state index in [9.17, 15) is 5.11 Å². The van der Waals surface area contributed by atoms with E-state index in [0.29, 0.717) is 0 Å². The zero-order valence-electron chi connectivity index (χ0n) is 11.3. The van der Waals surface area contributed by atoms with Gasteiger partial charge in [-0.3, -0.25) is 0 Å². The third-order valence-electron chi connectivity index (χ3n) is 3.27. The first-order chi connectivity index (χ1) is 8.04. The number of rotatable bonds is 6. The van der Waals surface area contributed by atoms with E-state index in [-0.39, 0.29) is 12.1 Å². The maximum Gasteiger partial charge on any atom is 0.0627 e. The first-order valence-electron chi connectivity index (χ1n) is 6.16. The van der Waals surface area contributed by atoms with E-state index in [1.54, 1.807) is 0 Å². The third kappa shape index (κ3) is 3.72. The van der Waals surface area contributed by atoms with Gasteiger partial charge in [0.15, 0.2) is 0 Å². The average molecular weight is 236 g/mol. The van der Waals surface area contributed by atoms with Gasteiger partial charge in [-0.05, 0) is 40.0 Å². The van der Waals surface area contributed by atoms with Crippen molar-refractivity contribution in [1.29, 1.82) is 0 Å². The summed E-state index contributed by atoms with van der Waals surface area (Å²) in [7, 11) is 1.89. The molecule has 0 aliphatic rings. The monoisotopic (exact) mass is 236 g/mol. The fraction of sp³-hybridized carbons (Fsp3) is 0.571. The lowest BCUT2D eigenvalue weighted by atomic mass is 10.0. The Hall–Kier alpha value is -1.06. The molecular formula is C14H24N2O. The van der Waals surface area contributed by atoms with E-state index in [0.717, 1.165) is 13.1 Å². The minimum atomic E-state index is -0.263. The van der Waals surface area contributed by atoms with E-state index < -0.39 is 0 Å². The Morgan fingerprint density at radius 2 is 1.88 bits per heavy atom. The second kappa shape index (κ2) is 6.03. The van der Waals surface area contributed by atoms with E-state index in [1.807, 2.05) is 14.0 Å². The van der Waals surface area contributed by atoms with Crippen LogP contribution in [0.2, 0.25) is 0 Å². The van der Waals surface area contributed by atoms with Crippen molar-refractivity contribution in [2.45, 2.75) is 26.3 Å². The van der Waals surface area contributed by atoms with Crippen LogP contribution < -0.4 is 10.2 Å². The van der Waals surface area contributed by atoms with E-state index >= 15 is 0 Å². The van der Waals surface area contributed by atoms with E-state index in [2.05, 4.69) is 48.3 Å². The van der Waals surface area contributed by atoms with Crippen LogP contribution in [-0.2, 0) is 0 Å². The minimum Gasteiger partial charge on any atom is -0.394 e. The molecule has 0 heterocycles. The van der Waals surface area contributed by atoms with Crippen LogP contribution in [0.5, 0.6) is 0 Å². The molecule has 17 heavy (non-hydrogen) atoms. The lowest BCUT2D eigenvalue weighted by Crippen LogP contribution is -2.52. The van der Waals surface area contributed by atoms with Crippen molar-refractivity contribution in [2.24, 2.45) is 0 Å². The van der Waals surface area contributed by atoms with Gasteiger partial charge in [0.2, 0.25) is 0 Å². The topological polar surface area (TPSA) is 35.5 Å². The summed E-state index contributed by atoms with van der Waals surface area (Å²) in [4.78, 5) is 2.27. The quantitative estimate of drug-likeness (QED) is 0.790. The van der Waals surface area contributed by atoms with Crippen LogP contribution in [0.25, 0.3) is 0 Å². The van der Waals surface area contributed by atoms with Crippen molar-refractivity contribution in [1.82, 2.24) is 5.32 Å². The molecule has 0 saturated carbocycles. The Labute approximate surface area is 104 Å². The number of hydrogen-bond donors (Lipinski definition) is 2. The standard InChI is InChI=1S/C14H24N2O/c1-5-16(10-14(3,11-17)15-4)13-8-6-12(2)7-9-13/h6-9,15,17H,5,10-11H2,1-4H3. The second-order valence-electron chi connectivity index (χ2n) is 4.82. The van der Waals surface area contributed by atoms with Crippen LogP contribution in [-0.4, -0.2) is 37.4 Å². The predicted octanol–water partition coefficient (Wildman–Crippen LogP) is 1.79. The van der Waals surface area contributed by atoms with Gasteiger partial charge in [-0.25, -0.2) is 0 Å². The first kappa shape index (κ1) is 14.0. The van der Waals surface area contributed by atoms with Crippen LogP contribution in [0.15, 0.2) is 24.3 Å². The molecule has 1 rings (SSSR count). The highest BCUT2D eigenvalue weighted by Crippen LogP contribution is 2.17. The summed E-state index contributed by atoms with van der Waals surface area (Å²) in [5, 5.41) is 12.6. The summed E-state index contributed by atoms with van der Waals surface area (Å²) in [6.45, 7) is 8.11. The van der Waals surface area contributed by atoms with Gasteiger partial charge in [0.05, 0.1) is 12.1 Å². The predicted molar refractivity (Wildman–Crippen MR) is 73.6 cm³/mol. The van der Waals surface area contributed by atoms with Crippen LogP contribution in [0, 0.1) is 6.92 Å². The molecule has 3 heteroatoms. The molecule has 96 valence electrons. The number of likely N-dealkylation sites (N-methyl/N-ethyl adjacent to an activating group) is 2. The normalized spacial score (nSPS) is 14.4. The molecule has 0 amide bonds. The highest BCUT2D eigenvalue weighted by atomic mass is 16.3. The zero-order chi connectivity index (χ0) is 12.9. The van der Waals surface area contributed by atoms with Gasteiger partial charge in [-0.15, -0.1) is 0 Å². The first-order valence-corrected chi connectivity index (χ1v) is 6.16. The summed E-state index contributed by atoms with van der Waals surface area (Å²) < 4.78 is 0. The van der Waals surface area contributed by atoms with Crippen molar-refractivity contribution in [3.63, 3.8) is 0 Å². The van der Waals surface area contributed by atoms with Crippen LogP contribution in [0.1, 0.15) is 19.4 Å². The zero-order valence-corrected chi connectivity index (χ0v) is 11.3. The highest BCUT2D eigenvalue weighted by molar-refractivity contribution is 5.47. The molecule has 1 aromatic rings. The average Bonchev–Trinajstić information content (AvgIpc) is 2.37. The Morgan fingerprint density at radius 3 is 2.29 bits per heavy atom. The molecule has 3 nitrogen and oxygen atoms in total. The summed E-state index contributed by atoms with van der Waals surface area (Å²) >= 11 is 0. The second-order valence-corrected chi connectivity index (χ2v) is 4.82. The van der Waals surface area contributed by atoms with E-state index in [1.165, 1.54) is 11.3 Å². The molecule has 0 aliphatic heterocycles. The van der Waals surface area contributed by atoms with Gasteiger partial charge in [0, 0.05) is 18.8 Å². The number of nitrogens with zero attached hydrogens (tertiary/aromatic N) is 1. The van der Waals surface area contributed by atoms with Gasteiger partial charge in [-0.2, -0.15) is 0 Å². The number of benzene rings is 1. The number of nitrogens with one attached hydrogen (secondary N) is 1. The molecule has 0 spiro atoms. The number of hydrogen-bond acceptors (Lipinski definition) is 3. The van der Waals surface area contributed by atoms with E-state index in [4.69, 9.17) is 0 Å². The van der Waals surface area contributed by atoms with Crippen LogP contribution in [0.3, 0.4) is 0 Å². The Kier molecular flexibility index (Phi) is 4.97. The molecule has 2 N–H and O–H groups in total. The van der Waals surface area contributed by atoms with Crippen molar-refractivity contribution < 1.29 is 5.11 Å². The SMILES string of the molecule is CCN(CC(C)(CO)NC)c1ccc(C)cc1. The van der Waals surface area contributed by atoms with Gasteiger partial charge in [0.25, 0.3) is 0 Å². The summed E-state index contributed by atoms with van der Waals surface area (Å²) in [5.74, 6) is 0. The summed E-state index contributed by atoms with van der Waals surface area (Å²) in [5.41, 5.74) is 2.21. The van der Waals surface area contributed by atoms with Gasteiger partial charge < -0.3 is 15.3 Å². The molecule has 0 aliphatic carbocycles. The van der Waals surface area contributed by atoms with Crippen molar-refractivity contribution in [3.05, 3.63) is 29.8 Å². The number of aliphatic hydroxyl groups is 1. The number of anilines is 1. The largest absolute Gasteiger partial charge is 0.394 e. The number of aryl methyl sites for hydroxylation is 1. The Morgan fingerprint density at radius 1 is 1.29 bits per heavy atom. The molecule has 0 saturated heterocycles. The maximum absolute atomic E-state index is 9.43. The Balaban J connectivity index is 2.81. The lowest BCUT2D eigenvalue weighted by molar-refractivity contribution is 0.186. The fourth-order valence-corrected chi connectivity index (χ4v) is 1.77. The van der Waals surface area contributed by atoms with Crippen molar-refractivity contribution in [2.75, 3.05) is 31.6 Å². The minimum absolute atomic E-state index is 0.131. The fourth-order valence-electron chi connectivity index (χ4n) is 1.77. The van der Waals surface area contributed by atoms with Crippen molar-refractivity contribution >= 4 is 5.69 Å². The van der Waals surface area contributed by atoms with Gasteiger partial charge in [-0.1, -0.05) is 17.7 Å². The summed E-state index contributed by atoms with van der Waals surface area (Å²) in [6.07, 6.45) is 0. The molecule has 0 bridgehead atoms. The molecule has 1 atom stereocenters. The molecule has 0 aromatic heterocycles. The lowest BCUT2D eigenvalue weighted by Gasteiger charge is -2.34. The molecular weight excluding hydrogens is 212 g/mol.